The van der Waals surface area contributed by atoms with Crippen molar-refractivity contribution >= 4 is 0 Å². The SMILES string of the molecule is C1CN(C2CNCCC2CN2CCOCC2)CCN1. The van der Waals surface area contributed by atoms with Crippen molar-refractivity contribution in [3.05, 3.63) is 0 Å². The van der Waals surface area contributed by atoms with Crippen LogP contribution in [0.4, 0.5) is 0 Å². The van der Waals surface area contributed by atoms with Gasteiger partial charge in [-0.05, 0) is 18.9 Å². The van der Waals surface area contributed by atoms with Gasteiger partial charge < -0.3 is 15.4 Å². The van der Waals surface area contributed by atoms with Crippen LogP contribution in [0.1, 0.15) is 6.42 Å². The molecule has 3 heterocycles. The van der Waals surface area contributed by atoms with E-state index in [1.54, 1.807) is 0 Å². The molecule has 0 bridgehead atoms. The van der Waals surface area contributed by atoms with E-state index in [0.29, 0.717) is 0 Å². The molecule has 0 aromatic rings. The predicted octanol–water partition coefficient (Wildman–Crippen LogP) is -0.798. The number of nitrogens with zero attached hydrogens (tertiary/aromatic N) is 2. The summed E-state index contributed by atoms with van der Waals surface area (Å²) in [5, 5.41) is 7.06. The first-order valence-electron chi connectivity index (χ1n) is 7.89. The van der Waals surface area contributed by atoms with Crippen molar-refractivity contribution in [1.29, 1.82) is 0 Å². The largest absolute Gasteiger partial charge is 0.379 e. The van der Waals surface area contributed by atoms with E-state index >= 15 is 0 Å². The maximum absolute atomic E-state index is 5.46. The Morgan fingerprint density at radius 2 is 1.74 bits per heavy atom. The Bertz CT molecular complexity index is 264. The number of hydrogen-bond donors (Lipinski definition) is 2. The smallest absolute Gasteiger partial charge is 0.0594 e. The molecule has 0 aromatic heterocycles. The fourth-order valence-corrected chi connectivity index (χ4v) is 3.67. The Balaban J connectivity index is 1.56. The lowest BCUT2D eigenvalue weighted by molar-refractivity contribution is 0.0130. The zero-order valence-corrected chi connectivity index (χ0v) is 11.9. The zero-order chi connectivity index (χ0) is 12.9. The Labute approximate surface area is 116 Å². The van der Waals surface area contributed by atoms with Crippen LogP contribution in [0.15, 0.2) is 0 Å². The predicted molar refractivity (Wildman–Crippen MR) is 76.5 cm³/mol. The summed E-state index contributed by atoms with van der Waals surface area (Å²) in [6.45, 7) is 12.5. The van der Waals surface area contributed by atoms with Gasteiger partial charge in [0, 0.05) is 58.4 Å². The molecule has 110 valence electrons. The fourth-order valence-electron chi connectivity index (χ4n) is 3.67. The molecule has 2 unspecified atom stereocenters. The van der Waals surface area contributed by atoms with Crippen LogP contribution in [0.3, 0.4) is 0 Å². The number of ether oxygens (including phenoxy) is 1. The van der Waals surface area contributed by atoms with E-state index in [2.05, 4.69) is 20.4 Å². The van der Waals surface area contributed by atoms with Crippen LogP contribution in [0.2, 0.25) is 0 Å². The van der Waals surface area contributed by atoms with Gasteiger partial charge in [-0.1, -0.05) is 0 Å². The van der Waals surface area contributed by atoms with Gasteiger partial charge in [-0.25, -0.2) is 0 Å². The van der Waals surface area contributed by atoms with Crippen molar-refractivity contribution < 1.29 is 4.74 Å². The summed E-state index contributed by atoms with van der Waals surface area (Å²) < 4.78 is 5.46. The maximum atomic E-state index is 5.46. The molecule has 0 radical (unpaired) electrons. The maximum Gasteiger partial charge on any atom is 0.0594 e. The minimum Gasteiger partial charge on any atom is -0.379 e. The van der Waals surface area contributed by atoms with Gasteiger partial charge in [0.05, 0.1) is 13.2 Å². The zero-order valence-electron chi connectivity index (χ0n) is 11.9. The van der Waals surface area contributed by atoms with Gasteiger partial charge in [-0.3, -0.25) is 9.80 Å². The van der Waals surface area contributed by atoms with Crippen LogP contribution >= 0.6 is 0 Å². The molecule has 3 saturated heterocycles. The molecule has 3 aliphatic heterocycles. The summed E-state index contributed by atoms with van der Waals surface area (Å²) in [4.78, 5) is 5.31. The second-order valence-corrected chi connectivity index (χ2v) is 6.02. The van der Waals surface area contributed by atoms with E-state index in [0.717, 1.165) is 51.4 Å². The number of hydrogen-bond acceptors (Lipinski definition) is 5. The third-order valence-electron chi connectivity index (χ3n) is 4.81. The molecule has 0 amide bonds. The topological polar surface area (TPSA) is 39.8 Å². The number of piperazine rings is 1. The lowest BCUT2D eigenvalue weighted by Crippen LogP contribution is -2.58. The highest BCUT2D eigenvalue weighted by Gasteiger charge is 2.32. The van der Waals surface area contributed by atoms with Gasteiger partial charge in [0.15, 0.2) is 0 Å². The number of morpholine rings is 1. The third kappa shape index (κ3) is 3.67. The fraction of sp³-hybridized carbons (Fsp3) is 1.00. The molecule has 0 aromatic carbocycles. The molecular formula is C14H28N4O. The highest BCUT2D eigenvalue weighted by molar-refractivity contribution is 4.89. The van der Waals surface area contributed by atoms with Crippen molar-refractivity contribution in [2.45, 2.75) is 12.5 Å². The normalized spacial score (nSPS) is 35.4. The average Bonchev–Trinajstić information content (AvgIpc) is 2.50. The minimum atomic E-state index is 0.735. The summed E-state index contributed by atoms with van der Waals surface area (Å²) in [7, 11) is 0. The lowest BCUT2D eigenvalue weighted by atomic mass is 9.90. The second kappa shape index (κ2) is 6.99. The van der Waals surface area contributed by atoms with Crippen LogP contribution < -0.4 is 10.6 Å². The van der Waals surface area contributed by atoms with Gasteiger partial charge in [0.1, 0.15) is 0 Å². The first-order valence-corrected chi connectivity index (χ1v) is 7.89. The van der Waals surface area contributed by atoms with Crippen LogP contribution in [0.5, 0.6) is 0 Å². The van der Waals surface area contributed by atoms with E-state index in [-0.39, 0.29) is 0 Å². The summed E-state index contributed by atoms with van der Waals surface area (Å²) in [5.74, 6) is 0.831. The van der Waals surface area contributed by atoms with E-state index in [1.807, 2.05) is 0 Å². The Hall–Kier alpha value is -0.200. The van der Waals surface area contributed by atoms with Crippen LogP contribution in [-0.2, 0) is 4.74 Å². The molecule has 0 aliphatic carbocycles. The molecule has 3 fully saturated rings. The Morgan fingerprint density at radius 1 is 0.947 bits per heavy atom. The number of rotatable bonds is 3. The number of piperidine rings is 1. The van der Waals surface area contributed by atoms with Crippen molar-refractivity contribution in [2.75, 3.05) is 72.1 Å². The van der Waals surface area contributed by atoms with Gasteiger partial charge in [0.25, 0.3) is 0 Å². The molecule has 3 rings (SSSR count). The first-order chi connectivity index (χ1) is 9.43. The summed E-state index contributed by atoms with van der Waals surface area (Å²) in [6.07, 6.45) is 1.33. The van der Waals surface area contributed by atoms with Gasteiger partial charge >= 0.3 is 0 Å². The van der Waals surface area contributed by atoms with Crippen LogP contribution in [0.25, 0.3) is 0 Å². The monoisotopic (exact) mass is 268 g/mol. The summed E-state index contributed by atoms with van der Waals surface area (Å²) >= 11 is 0. The van der Waals surface area contributed by atoms with Gasteiger partial charge in [0.2, 0.25) is 0 Å². The minimum absolute atomic E-state index is 0.735. The molecule has 3 aliphatic rings. The lowest BCUT2D eigenvalue weighted by Gasteiger charge is -2.44. The highest BCUT2D eigenvalue weighted by atomic mass is 16.5. The van der Waals surface area contributed by atoms with Crippen molar-refractivity contribution in [1.82, 2.24) is 20.4 Å². The van der Waals surface area contributed by atoms with E-state index in [4.69, 9.17) is 4.74 Å². The van der Waals surface area contributed by atoms with E-state index in [9.17, 15) is 0 Å². The average molecular weight is 268 g/mol. The Morgan fingerprint density at radius 3 is 2.53 bits per heavy atom. The highest BCUT2D eigenvalue weighted by Crippen LogP contribution is 2.20. The van der Waals surface area contributed by atoms with E-state index in [1.165, 1.54) is 39.1 Å². The molecule has 2 N–H and O–H groups in total. The molecule has 0 saturated carbocycles. The van der Waals surface area contributed by atoms with Crippen molar-refractivity contribution in [3.63, 3.8) is 0 Å². The first kappa shape index (κ1) is 13.8. The molecule has 5 nitrogen and oxygen atoms in total. The quantitative estimate of drug-likeness (QED) is 0.701. The molecule has 5 heteroatoms. The number of nitrogens with one attached hydrogen (secondary N) is 2. The molecule has 19 heavy (non-hydrogen) atoms. The van der Waals surface area contributed by atoms with Crippen LogP contribution in [-0.4, -0.2) is 88.0 Å². The molecule has 0 spiro atoms. The Kier molecular flexibility index (Phi) is 5.07. The van der Waals surface area contributed by atoms with Crippen molar-refractivity contribution in [3.8, 4) is 0 Å². The summed E-state index contributed by atoms with van der Waals surface area (Å²) in [5.41, 5.74) is 0. The second-order valence-electron chi connectivity index (χ2n) is 6.02. The van der Waals surface area contributed by atoms with E-state index < -0.39 is 0 Å². The third-order valence-corrected chi connectivity index (χ3v) is 4.81. The molecule has 2 atom stereocenters. The van der Waals surface area contributed by atoms with Gasteiger partial charge in [-0.2, -0.15) is 0 Å². The molecular weight excluding hydrogens is 240 g/mol. The van der Waals surface area contributed by atoms with Crippen LogP contribution in [0, 0.1) is 5.92 Å². The summed E-state index contributed by atoms with van der Waals surface area (Å²) in [6, 6.07) is 0.735. The van der Waals surface area contributed by atoms with Gasteiger partial charge in [-0.15, -0.1) is 0 Å². The standard InChI is InChI=1S/C14H28N4O/c1-2-16-11-14(18-5-3-15-4-6-18)13(1)12-17-7-9-19-10-8-17/h13-16H,1-12H2. The van der Waals surface area contributed by atoms with Crippen molar-refractivity contribution in [2.24, 2.45) is 5.92 Å².